The minimum atomic E-state index is -3.48. The summed E-state index contributed by atoms with van der Waals surface area (Å²) < 4.78 is 27.5. The van der Waals surface area contributed by atoms with Gasteiger partial charge < -0.3 is 5.11 Å². The van der Waals surface area contributed by atoms with Crippen LogP contribution < -0.4 is 0 Å². The molecule has 0 spiro atoms. The zero-order valence-electron chi connectivity index (χ0n) is 11.8. The summed E-state index contributed by atoms with van der Waals surface area (Å²) in [6, 6.07) is 3.34. The van der Waals surface area contributed by atoms with E-state index < -0.39 is 16.1 Å². The average Bonchev–Trinajstić information content (AvgIpc) is 2.74. The van der Waals surface area contributed by atoms with Gasteiger partial charge in [0.15, 0.2) is 0 Å². The van der Waals surface area contributed by atoms with Crippen molar-refractivity contribution in [3.8, 4) is 0 Å². The number of piperidine rings is 1. The number of hydrogen-bond donors (Lipinski definition) is 1. The highest BCUT2D eigenvalue weighted by Crippen LogP contribution is 2.37. The Bertz CT molecular complexity index is 577. The van der Waals surface area contributed by atoms with Crippen molar-refractivity contribution in [3.63, 3.8) is 0 Å². The Hall–Kier alpha value is 0.0500. The largest absolute Gasteiger partial charge is 0.391 e. The molecule has 7 heteroatoms. The number of aliphatic hydroxyl groups excluding tert-OH is 1. The molecule has 1 N–H and O–H groups in total. The van der Waals surface area contributed by atoms with Crippen molar-refractivity contribution in [3.05, 3.63) is 15.9 Å². The second kappa shape index (κ2) is 5.68. The first-order chi connectivity index (χ1) is 9.12. The number of halogens is 1. The lowest BCUT2D eigenvalue weighted by Gasteiger charge is -2.41. The number of hydrogen-bond acceptors (Lipinski definition) is 4. The first-order valence-corrected chi connectivity index (χ1v) is 9.61. The monoisotopic (exact) mass is 381 g/mol. The molecule has 2 unspecified atom stereocenters. The molecule has 20 heavy (non-hydrogen) atoms. The molecular formula is C13H20BrNO3S2. The zero-order valence-corrected chi connectivity index (χ0v) is 15.1. The van der Waals surface area contributed by atoms with Crippen LogP contribution in [0.15, 0.2) is 20.1 Å². The lowest BCUT2D eigenvalue weighted by atomic mass is 9.74. The maximum Gasteiger partial charge on any atom is 0.252 e. The Morgan fingerprint density at radius 2 is 2.05 bits per heavy atom. The van der Waals surface area contributed by atoms with E-state index in [0.717, 1.165) is 3.79 Å². The van der Waals surface area contributed by atoms with Gasteiger partial charge in [-0.2, -0.15) is 4.31 Å². The van der Waals surface area contributed by atoms with Crippen LogP contribution in [0.4, 0.5) is 0 Å². The molecule has 114 valence electrons. The molecule has 1 fully saturated rings. The summed E-state index contributed by atoms with van der Waals surface area (Å²) in [4.78, 5) is 0. The van der Waals surface area contributed by atoms with Gasteiger partial charge in [0.1, 0.15) is 4.21 Å². The molecule has 0 aromatic carbocycles. The van der Waals surface area contributed by atoms with Crippen LogP contribution in [0.2, 0.25) is 0 Å². The van der Waals surface area contributed by atoms with Gasteiger partial charge in [-0.3, -0.25) is 0 Å². The highest BCUT2D eigenvalue weighted by Gasteiger charge is 2.39. The second-order valence-corrected chi connectivity index (χ2v) is 10.9. The van der Waals surface area contributed by atoms with Gasteiger partial charge in [0.2, 0.25) is 0 Å². The first-order valence-electron chi connectivity index (χ1n) is 6.56. The van der Waals surface area contributed by atoms with Crippen LogP contribution in [-0.2, 0) is 10.0 Å². The summed E-state index contributed by atoms with van der Waals surface area (Å²) in [6.45, 7) is 6.90. The molecule has 1 aliphatic heterocycles. The van der Waals surface area contributed by atoms with Crippen LogP contribution in [-0.4, -0.2) is 37.0 Å². The summed E-state index contributed by atoms with van der Waals surface area (Å²) in [5.41, 5.74) is -0.0127. The van der Waals surface area contributed by atoms with Crippen molar-refractivity contribution in [2.24, 2.45) is 11.3 Å². The predicted molar refractivity (Wildman–Crippen MR) is 84.3 cm³/mol. The van der Waals surface area contributed by atoms with Crippen molar-refractivity contribution in [2.45, 2.75) is 37.5 Å². The fraction of sp³-hybridized carbons (Fsp3) is 0.692. The summed E-state index contributed by atoms with van der Waals surface area (Å²) in [6.07, 6.45) is 0.0816. The van der Waals surface area contributed by atoms with E-state index in [9.17, 15) is 13.5 Å². The van der Waals surface area contributed by atoms with E-state index in [0.29, 0.717) is 17.2 Å². The minimum absolute atomic E-state index is 0.0127. The third-order valence-electron chi connectivity index (χ3n) is 3.80. The van der Waals surface area contributed by atoms with Crippen molar-refractivity contribution in [1.82, 2.24) is 4.31 Å². The van der Waals surface area contributed by atoms with E-state index in [-0.39, 0.29) is 17.9 Å². The number of β-amino-alcohol motifs (C(OH)–C–C–N with tert-alkyl or cyclic N) is 1. The third kappa shape index (κ3) is 3.27. The first kappa shape index (κ1) is 16.4. The summed E-state index contributed by atoms with van der Waals surface area (Å²) >= 11 is 4.48. The van der Waals surface area contributed by atoms with E-state index in [1.54, 1.807) is 12.1 Å². The normalized spacial score (nSPS) is 25.9. The van der Waals surface area contributed by atoms with E-state index >= 15 is 0 Å². The van der Waals surface area contributed by atoms with Gasteiger partial charge in [-0.05, 0) is 45.8 Å². The van der Waals surface area contributed by atoms with Crippen LogP contribution in [0, 0.1) is 11.3 Å². The molecule has 1 aromatic heterocycles. The van der Waals surface area contributed by atoms with Gasteiger partial charge in [0.05, 0.1) is 9.89 Å². The predicted octanol–water partition coefficient (Wildman–Crippen LogP) is 2.93. The Labute approximate surface area is 133 Å². The molecule has 2 heterocycles. The Kier molecular flexibility index (Phi) is 4.67. The Morgan fingerprint density at radius 1 is 1.40 bits per heavy atom. The number of thiophene rings is 1. The average molecular weight is 382 g/mol. The van der Waals surface area contributed by atoms with Gasteiger partial charge in [-0.15, -0.1) is 11.3 Å². The van der Waals surface area contributed by atoms with Gasteiger partial charge in [-0.25, -0.2) is 8.42 Å². The van der Waals surface area contributed by atoms with Crippen molar-refractivity contribution >= 4 is 37.3 Å². The molecule has 0 amide bonds. The van der Waals surface area contributed by atoms with Crippen molar-refractivity contribution in [1.29, 1.82) is 0 Å². The molecule has 0 bridgehead atoms. The van der Waals surface area contributed by atoms with Crippen molar-refractivity contribution in [2.75, 3.05) is 13.1 Å². The summed E-state index contributed by atoms with van der Waals surface area (Å²) in [5, 5.41) is 10.3. The summed E-state index contributed by atoms with van der Waals surface area (Å²) in [7, 11) is -3.48. The quantitative estimate of drug-likeness (QED) is 0.856. The molecule has 2 rings (SSSR count). The highest BCUT2D eigenvalue weighted by molar-refractivity contribution is 9.11. The molecule has 1 aromatic rings. The van der Waals surface area contributed by atoms with Crippen LogP contribution >= 0.6 is 27.3 Å². The molecule has 1 saturated heterocycles. The van der Waals surface area contributed by atoms with Crippen LogP contribution in [0.3, 0.4) is 0 Å². The lowest BCUT2D eigenvalue weighted by molar-refractivity contribution is -0.00205. The number of sulfonamides is 1. The minimum Gasteiger partial charge on any atom is -0.391 e. The molecule has 1 aliphatic rings. The SMILES string of the molecule is CC(C)(C)C1CCN(S(=O)(=O)c2ccc(Br)s2)CC1O. The van der Waals surface area contributed by atoms with Gasteiger partial charge in [-0.1, -0.05) is 20.8 Å². The van der Waals surface area contributed by atoms with Crippen LogP contribution in [0.25, 0.3) is 0 Å². The standard InChI is InChI=1S/C13H20BrNO3S2/c1-13(2,3)9-6-7-15(8-10(9)16)20(17,18)12-5-4-11(14)19-12/h4-5,9-10,16H,6-8H2,1-3H3. The second-order valence-electron chi connectivity index (χ2n) is 6.25. The Morgan fingerprint density at radius 3 is 2.50 bits per heavy atom. The highest BCUT2D eigenvalue weighted by atomic mass is 79.9. The lowest BCUT2D eigenvalue weighted by Crippen LogP contribution is -2.49. The Balaban J connectivity index is 2.17. The van der Waals surface area contributed by atoms with Gasteiger partial charge >= 0.3 is 0 Å². The fourth-order valence-electron chi connectivity index (χ4n) is 2.69. The topological polar surface area (TPSA) is 57.6 Å². The van der Waals surface area contributed by atoms with E-state index in [2.05, 4.69) is 36.7 Å². The van der Waals surface area contributed by atoms with Gasteiger partial charge in [0.25, 0.3) is 10.0 Å². The smallest absolute Gasteiger partial charge is 0.252 e. The molecule has 2 atom stereocenters. The maximum absolute atomic E-state index is 12.5. The number of nitrogens with zero attached hydrogens (tertiary/aromatic N) is 1. The van der Waals surface area contributed by atoms with E-state index in [1.807, 2.05) is 0 Å². The van der Waals surface area contributed by atoms with E-state index in [4.69, 9.17) is 0 Å². The van der Waals surface area contributed by atoms with Crippen molar-refractivity contribution < 1.29 is 13.5 Å². The fourth-order valence-corrected chi connectivity index (χ4v) is 6.33. The number of aliphatic hydroxyl groups is 1. The molecule has 4 nitrogen and oxygen atoms in total. The summed E-state index contributed by atoms with van der Waals surface area (Å²) in [5.74, 6) is 0.129. The third-order valence-corrected chi connectivity index (χ3v) is 7.76. The van der Waals surface area contributed by atoms with Crippen LogP contribution in [0.1, 0.15) is 27.2 Å². The molecule has 0 saturated carbocycles. The number of rotatable bonds is 2. The molecular weight excluding hydrogens is 362 g/mol. The zero-order chi connectivity index (χ0) is 15.1. The molecule has 0 radical (unpaired) electrons. The maximum atomic E-state index is 12.5. The van der Waals surface area contributed by atoms with Gasteiger partial charge in [0, 0.05) is 13.1 Å². The van der Waals surface area contributed by atoms with E-state index in [1.165, 1.54) is 15.6 Å². The molecule has 0 aliphatic carbocycles. The van der Waals surface area contributed by atoms with Crippen LogP contribution in [0.5, 0.6) is 0 Å².